The Kier molecular flexibility index (Phi) is 28.7. The smallest absolute Gasteiger partial charge is 0.306 e. The molecule has 0 aromatic heterocycles. The number of unbranched alkanes of at least 4 members (excludes halogenated alkanes) is 7. The standard InChI is InChI=1S/C58H84N6O11S/c1-9-43(49(60)38-48(40(3)59)42(5)76)37-52(67)62-44-23-25-45(26-24-44)74-36-35-73-34-31-64(53(68)21-16-14-12-10-11-13-15-17-22-54(69)75-58(6,7)8)30-33-72-32-29-61-50-20-18-19-47(55(50)41(4)65)56(70)39(2)46-27-28-51(66)63-57(46)71/h9,18-20,23-26,38-39,42-43,46,59-61,76H,1,10-17,21-22,27-37H2,2-8H3,(H,62,67)(H,63,66,71)/b48-38-,59-40?,60-49?/t39?,42?,43?,46-/m1/s1. The molecule has 0 bridgehead atoms. The summed E-state index contributed by atoms with van der Waals surface area (Å²) in [5.41, 5.74) is 2.09. The number of Topliss-reactive ketones (excluding diaryl/α,β-unsaturated/α-hetero) is 2. The lowest BCUT2D eigenvalue weighted by molar-refractivity contribution is -0.155. The van der Waals surface area contributed by atoms with Crippen molar-refractivity contribution in [3.63, 3.8) is 0 Å². The molecule has 1 aliphatic rings. The van der Waals surface area contributed by atoms with Gasteiger partial charge in [0.15, 0.2) is 11.6 Å². The summed E-state index contributed by atoms with van der Waals surface area (Å²) in [6.45, 7) is 18.2. The van der Waals surface area contributed by atoms with Crippen molar-refractivity contribution < 1.29 is 52.5 Å². The molecule has 0 radical (unpaired) electrons. The van der Waals surface area contributed by atoms with Gasteiger partial charge in [-0.1, -0.05) is 63.7 Å². The van der Waals surface area contributed by atoms with Crippen molar-refractivity contribution in [2.24, 2.45) is 17.8 Å². The van der Waals surface area contributed by atoms with E-state index >= 15 is 0 Å². The van der Waals surface area contributed by atoms with E-state index in [1.165, 1.54) is 6.92 Å². The zero-order valence-electron chi connectivity index (χ0n) is 45.9. The number of rotatable bonds is 37. The van der Waals surface area contributed by atoms with Gasteiger partial charge in [0.2, 0.25) is 23.6 Å². The minimum atomic E-state index is -0.739. The summed E-state index contributed by atoms with van der Waals surface area (Å²) in [7, 11) is 0. The topological polar surface area (TPSA) is 243 Å². The third-order valence-electron chi connectivity index (χ3n) is 12.8. The largest absolute Gasteiger partial charge is 0.491 e. The van der Waals surface area contributed by atoms with Crippen LogP contribution in [0.5, 0.6) is 5.75 Å². The van der Waals surface area contributed by atoms with E-state index < -0.39 is 29.3 Å². The first-order valence-electron chi connectivity index (χ1n) is 26.7. The Morgan fingerprint density at radius 2 is 1.47 bits per heavy atom. The monoisotopic (exact) mass is 1070 g/mol. The van der Waals surface area contributed by atoms with Gasteiger partial charge in [-0.25, -0.2) is 0 Å². The van der Waals surface area contributed by atoms with Gasteiger partial charge in [0.05, 0.1) is 32.0 Å². The van der Waals surface area contributed by atoms with E-state index in [2.05, 4.69) is 35.2 Å². The molecule has 0 saturated carbocycles. The molecule has 1 fully saturated rings. The average Bonchev–Trinajstić information content (AvgIpc) is 3.35. The summed E-state index contributed by atoms with van der Waals surface area (Å²) < 4.78 is 23.1. The average molecular weight is 1070 g/mol. The number of ether oxygens (including phenoxy) is 4. The molecule has 4 atom stereocenters. The van der Waals surface area contributed by atoms with Crippen LogP contribution >= 0.6 is 12.6 Å². The van der Waals surface area contributed by atoms with Crippen LogP contribution in [0.2, 0.25) is 0 Å². The van der Waals surface area contributed by atoms with Gasteiger partial charge in [-0.2, -0.15) is 12.6 Å². The molecule has 76 heavy (non-hydrogen) atoms. The normalized spacial score (nSPS) is 14.9. The van der Waals surface area contributed by atoms with E-state index in [1.54, 1.807) is 73.4 Å². The van der Waals surface area contributed by atoms with Crippen LogP contribution in [0, 0.1) is 28.6 Å². The van der Waals surface area contributed by atoms with Crippen LogP contribution in [0.4, 0.5) is 11.4 Å². The minimum Gasteiger partial charge on any atom is -0.491 e. The number of carbonyl (C=O) groups is 7. The Morgan fingerprint density at radius 1 is 0.855 bits per heavy atom. The lowest BCUT2D eigenvalue weighted by Gasteiger charge is -2.26. The van der Waals surface area contributed by atoms with Crippen molar-refractivity contribution in [3.05, 3.63) is 77.9 Å². The molecule has 418 valence electrons. The number of esters is 1. The second-order valence-electron chi connectivity index (χ2n) is 20.3. The predicted molar refractivity (Wildman–Crippen MR) is 301 cm³/mol. The molecule has 0 spiro atoms. The third-order valence-corrected chi connectivity index (χ3v) is 13.0. The number of hydrogen-bond donors (Lipinski definition) is 6. The van der Waals surface area contributed by atoms with Crippen LogP contribution in [-0.4, -0.2) is 121 Å². The van der Waals surface area contributed by atoms with Crippen molar-refractivity contribution in [2.75, 3.05) is 63.3 Å². The molecular formula is C58H84N6O11S. The Morgan fingerprint density at radius 3 is 2.05 bits per heavy atom. The second kappa shape index (κ2) is 33.9. The highest BCUT2D eigenvalue weighted by atomic mass is 32.1. The van der Waals surface area contributed by atoms with E-state index in [4.69, 9.17) is 29.8 Å². The maximum absolute atomic E-state index is 13.6. The summed E-state index contributed by atoms with van der Waals surface area (Å²) in [6.07, 6.45) is 12.0. The molecule has 2 aromatic carbocycles. The molecule has 17 nitrogen and oxygen atoms in total. The maximum atomic E-state index is 13.6. The maximum Gasteiger partial charge on any atom is 0.306 e. The first-order valence-corrected chi connectivity index (χ1v) is 27.2. The van der Waals surface area contributed by atoms with E-state index in [-0.39, 0.29) is 110 Å². The lowest BCUT2D eigenvalue weighted by Crippen LogP contribution is -2.44. The number of nitrogens with zero attached hydrogens (tertiary/aromatic N) is 1. The quantitative estimate of drug-likeness (QED) is 0.00705. The molecule has 5 N–H and O–H groups in total. The fourth-order valence-electron chi connectivity index (χ4n) is 8.63. The van der Waals surface area contributed by atoms with Gasteiger partial charge in [0.25, 0.3) is 0 Å². The minimum absolute atomic E-state index is 0.000263. The fourth-order valence-corrected chi connectivity index (χ4v) is 8.90. The van der Waals surface area contributed by atoms with E-state index in [9.17, 15) is 33.6 Å². The molecule has 18 heteroatoms. The first kappa shape index (κ1) is 64.3. The highest BCUT2D eigenvalue weighted by Crippen LogP contribution is 2.29. The summed E-state index contributed by atoms with van der Waals surface area (Å²) >= 11 is 4.41. The molecule has 1 aliphatic heterocycles. The van der Waals surface area contributed by atoms with Gasteiger partial charge in [-0.15, -0.1) is 6.58 Å². The Bertz CT molecular complexity index is 2330. The van der Waals surface area contributed by atoms with Gasteiger partial charge < -0.3 is 45.3 Å². The van der Waals surface area contributed by atoms with Gasteiger partial charge in [-0.05, 0) is 103 Å². The summed E-state index contributed by atoms with van der Waals surface area (Å²) in [6, 6.07) is 11.9. The Hall–Kier alpha value is -5.98. The number of carbonyl (C=O) groups excluding carboxylic acids is 7. The summed E-state index contributed by atoms with van der Waals surface area (Å²) in [5, 5.41) is 24.6. The van der Waals surface area contributed by atoms with E-state index in [0.29, 0.717) is 60.9 Å². The number of thiol groups is 1. The highest BCUT2D eigenvalue weighted by molar-refractivity contribution is 7.81. The zero-order valence-corrected chi connectivity index (χ0v) is 46.8. The van der Waals surface area contributed by atoms with Crippen molar-refractivity contribution >= 4 is 76.6 Å². The molecule has 2 aromatic rings. The number of nitrogens with one attached hydrogen (secondary N) is 5. The van der Waals surface area contributed by atoms with Gasteiger partial charge in [0.1, 0.15) is 18.0 Å². The van der Waals surface area contributed by atoms with Gasteiger partial charge in [0, 0.05) is 96.7 Å². The van der Waals surface area contributed by atoms with Crippen LogP contribution in [0.1, 0.15) is 153 Å². The zero-order chi connectivity index (χ0) is 56.2. The van der Waals surface area contributed by atoms with Crippen molar-refractivity contribution in [2.45, 2.75) is 143 Å². The second-order valence-corrected chi connectivity index (χ2v) is 21.0. The number of hydrogen-bond acceptors (Lipinski definition) is 15. The first-order chi connectivity index (χ1) is 36.1. The summed E-state index contributed by atoms with van der Waals surface area (Å²) in [4.78, 5) is 90.9. The van der Waals surface area contributed by atoms with Crippen LogP contribution in [0.15, 0.2) is 66.8 Å². The van der Waals surface area contributed by atoms with E-state index in [1.807, 2.05) is 27.7 Å². The van der Waals surface area contributed by atoms with Crippen LogP contribution in [0.3, 0.4) is 0 Å². The number of ketones is 2. The molecule has 3 rings (SSSR count). The Labute approximate surface area is 455 Å². The molecule has 1 heterocycles. The van der Waals surface area contributed by atoms with Crippen LogP contribution in [0.25, 0.3) is 0 Å². The van der Waals surface area contributed by atoms with E-state index in [0.717, 1.165) is 51.4 Å². The molecule has 1 saturated heterocycles. The molecule has 3 unspecified atom stereocenters. The number of allylic oxidation sites excluding steroid dienone is 2. The van der Waals surface area contributed by atoms with Crippen molar-refractivity contribution in [1.29, 1.82) is 10.8 Å². The number of anilines is 2. The number of benzene rings is 2. The number of piperidine rings is 1. The molecular weight excluding hydrogens is 989 g/mol. The highest BCUT2D eigenvalue weighted by Gasteiger charge is 2.36. The van der Waals surface area contributed by atoms with Gasteiger partial charge in [-0.3, -0.25) is 38.9 Å². The van der Waals surface area contributed by atoms with Crippen molar-refractivity contribution in [3.8, 4) is 5.75 Å². The molecule has 4 amide bonds. The predicted octanol–water partition coefficient (Wildman–Crippen LogP) is 9.79. The fraction of sp³-hybridized carbons (Fsp3) is 0.569. The Balaban J connectivity index is 1.48. The number of imide groups is 1. The number of amides is 4. The van der Waals surface area contributed by atoms with Crippen LogP contribution in [-0.2, 0) is 38.2 Å². The van der Waals surface area contributed by atoms with Gasteiger partial charge >= 0.3 is 5.97 Å². The summed E-state index contributed by atoms with van der Waals surface area (Å²) in [5.74, 6) is -3.33. The SMILES string of the molecule is C=CC(CC(=O)Nc1ccc(OCCOCCN(CCOCCNc2cccc(C(=O)C(C)[C@H]3CCC(=O)NC3=O)c2C(C)=O)C(=O)CCCCCCCCCCC(=O)OC(C)(C)C)cc1)C(=N)/C=C(/C(C)=N)C(C)S. The molecule has 0 aliphatic carbocycles. The lowest BCUT2D eigenvalue weighted by atomic mass is 9.80. The van der Waals surface area contributed by atoms with Crippen molar-refractivity contribution in [1.82, 2.24) is 10.2 Å². The third kappa shape index (κ3) is 23.9. The van der Waals surface area contributed by atoms with Crippen LogP contribution < -0.4 is 20.7 Å².